The Kier molecular flexibility index (Phi) is 24.0. The summed E-state index contributed by atoms with van der Waals surface area (Å²) in [6, 6.07) is -1.85. The number of ether oxygens (including phenoxy) is 13. The van der Waals surface area contributed by atoms with Crippen molar-refractivity contribution in [1.82, 2.24) is 5.32 Å². The van der Waals surface area contributed by atoms with Crippen LogP contribution in [0.4, 0.5) is 0 Å². The lowest BCUT2D eigenvalue weighted by Gasteiger charge is -2.51. The Morgan fingerprint density at radius 1 is 0.595 bits per heavy atom. The van der Waals surface area contributed by atoms with Gasteiger partial charge < -0.3 is 159 Å². The van der Waals surface area contributed by atoms with Gasteiger partial charge in [-0.15, -0.1) is 6.58 Å². The van der Waals surface area contributed by atoms with Gasteiger partial charge in [-0.05, 0) is 0 Å². The number of amides is 1. The standard InChI is InChI=1S/C45H75NO33/c1-4-5-67-41-30(63)28(61)35(21(11-51)72-41)74-42-31(64)29(62)36(22(12-52)73-42)75-43-32(65)38(26(59)19(9-49)70-43)77-40-23(46-15(3)54)37(25(58)18(8-48)69-40)76-44-33(66)39(27(60)20(10-50)71-44)79-45(68-13-53)6-16(55)14(2)34(78-45)24(57)17(56)7-47/h4,13-14,16-44,47-52,55-66H,1,5-12H2,2-3H3,(H,46,54)/t14-,16-,17-,18?,19?,20?,21?,22?,23?,24-,25+,26+,27+,28-,29-,30?,31?,32?,33?,34?,35-,36+,37-,38+,39+,40+,41-,42+,43-,44+,45+/m1/s1. The van der Waals surface area contributed by atoms with Crippen LogP contribution < -0.4 is 5.32 Å². The highest BCUT2D eigenvalue weighted by atomic mass is 16.9. The van der Waals surface area contributed by atoms with E-state index in [-0.39, 0.29) is 13.1 Å². The van der Waals surface area contributed by atoms with E-state index in [1.54, 1.807) is 0 Å². The minimum Gasteiger partial charge on any atom is -0.410 e. The molecule has 1 amide bonds. The normalized spacial score (nSPS) is 47.6. The molecule has 0 aromatic rings. The molecule has 458 valence electrons. The fraction of sp³-hybridized carbons (Fsp3) is 0.911. The molecule has 0 saturated carbocycles. The second-order valence-corrected chi connectivity index (χ2v) is 19.7. The van der Waals surface area contributed by atoms with Crippen LogP contribution in [0.25, 0.3) is 0 Å². The predicted octanol–water partition coefficient (Wildman–Crippen LogP) is -12.2. The van der Waals surface area contributed by atoms with Gasteiger partial charge in [0.2, 0.25) is 5.91 Å². The van der Waals surface area contributed by atoms with Crippen LogP contribution in [0.2, 0.25) is 0 Å². The number of aliphatic hydroxyl groups is 18. The van der Waals surface area contributed by atoms with Crippen molar-refractivity contribution in [2.24, 2.45) is 5.92 Å². The molecular formula is C45H75NO33. The first-order valence-electron chi connectivity index (χ1n) is 25.2. The lowest BCUT2D eigenvalue weighted by Crippen LogP contribution is -2.70. The molecule has 6 fully saturated rings. The first kappa shape index (κ1) is 65.6. The van der Waals surface area contributed by atoms with Crippen molar-refractivity contribution in [1.29, 1.82) is 0 Å². The second kappa shape index (κ2) is 28.8. The van der Waals surface area contributed by atoms with Gasteiger partial charge in [-0.2, -0.15) is 0 Å². The summed E-state index contributed by atoms with van der Waals surface area (Å²) in [5, 5.41) is 197. The highest BCUT2D eigenvalue weighted by molar-refractivity contribution is 5.73. The lowest BCUT2D eigenvalue weighted by atomic mass is 9.86. The molecule has 0 aliphatic carbocycles. The summed E-state index contributed by atoms with van der Waals surface area (Å²) < 4.78 is 73.9. The summed E-state index contributed by atoms with van der Waals surface area (Å²) in [7, 11) is 0. The first-order chi connectivity index (χ1) is 37.5. The number of nitrogens with one attached hydrogen (secondary N) is 1. The van der Waals surface area contributed by atoms with Crippen LogP contribution in [0.5, 0.6) is 0 Å². The predicted molar refractivity (Wildman–Crippen MR) is 245 cm³/mol. The van der Waals surface area contributed by atoms with Crippen LogP contribution in [0.15, 0.2) is 12.7 Å². The van der Waals surface area contributed by atoms with Crippen LogP contribution in [0.1, 0.15) is 20.3 Å². The average Bonchev–Trinajstić information content (AvgIpc) is 3.49. The van der Waals surface area contributed by atoms with E-state index in [4.69, 9.17) is 61.6 Å². The Bertz CT molecular complexity index is 1900. The molecule has 19 N–H and O–H groups in total. The van der Waals surface area contributed by atoms with Gasteiger partial charge in [-0.25, -0.2) is 0 Å². The molecule has 31 atom stereocenters. The van der Waals surface area contributed by atoms with Gasteiger partial charge in [0.15, 0.2) is 31.5 Å². The van der Waals surface area contributed by atoms with E-state index >= 15 is 0 Å². The number of carbonyl (C=O) groups is 2. The zero-order valence-corrected chi connectivity index (χ0v) is 42.5. The average molecular weight is 1160 g/mol. The zero-order chi connectivity index (χ0) is 58.4. The Morgan fingerprint density at radius 2 is 1.03 bits per heavy atom. The van der Waals surface area contributed by atoms with E-state index in [1.165, 1.54) is 13.0 Å². The van der Waals surface area contributed by atoms with Crippen molar-refractivity contribution < 1.29 is 163 Å². The summed E-state index contributed by atoms with van der Waals surface area (Å²) in [5.74, 6) is -4.74. The maximum absolute atomic E-state index is 12.9. The van der Waals surface area contributed by atoms with Crippen molar-refractivity contribution in [3.05, 3.63) is 12.7 Å². The molecule has 11 unspecified atom stereocenters. The van der Waals surface area contributed by atoms with Crippen molar-refractivity contribution in [2.45, 2.75) is 204 Å². The van der Waals surface area contributed by atoms with Crippen LogP contribution >= 0.6 is 0 Å². The minimum absolute atomic E-state index is 0.124. The molecule has 0 aromatic heterocycles. The van der Waals surface area contributed by atoms with Gasteiger partial charge in [0.25, 0.3) is 6.47 Å². The maximum atomic E-state index is 12.9. The van der Waals surface area contributed by atoms with E-state index in [1.807, 2.05) is 0 Å². The van der Waals surface area contributed by atoms with E-state index in [2.05, 4.69) is 11.9 Å². The third-order valence-electron chi connectivity index (χ3n) is 14.4. The van der Waals surface area contributed by atoms with Crippen LogP contribution in [0.3, 0.4) is 0 Å². The quantitative estimate of drug-likeness (QED) is 0.0242. The maximum Gasteiger partial charge on any atom is 0.332 e. The van der Waals surface area contributed by atoms with Gasteiger partial charge in [0, 0.05) is 12.8 Å². The van der Waals surface area contributed by atoms with Crippen molar-refractivity contribution in [3.8, 4) is 0 Å². The summed E-state index contributed by atoms with van der Waals surface area (Å²) in [6.07, 6.45) is -53.0. The molecule has 6 aliphatic heterocycles. The molecule has 6 aliphatic rings. The van der Waals surface area contributed by atoms with Crippen molar-refractivity contribution in [2.75, 3.05) is 46.2 Å². The zero-order valence-electron chi connectivity index (χ0n) is 42.5. The van der Waals surface area contributed by atoms with Gasteiger partial charge in [0.05, 0.1) is 64.9 Å². The minimum atomic E-state index is -2.80. The van der Waals surface area contributed by atoms with Crippen molar-refractivity contribution in [3.63, 3.8) is 0 Å². The lowest BCUT2D eigenvalue weighted by molar-refractivity contribution is -0.448. The molecule has 0 spiro atoms. The number of aliphatic hydroxyl groups excluding tert-OH is 18. The molecule has 0 radical (unpaired) electrons. The van der Waals surface area contributed by atoms with Crippen molar-refractivity contribution >= 4 is 12.4 Å². The molecule has 0 aromatic carbocycles. The topological polar surface area (TPSA) is 530 Å². The van der Waals surface area contributed by atoms with E-state index in [9.17, 15) is 102 Å². The molecule has 6 saturated heterocycles. The SMILES string of the molecule is C=CCO[C@@H]1OC(CO)[C@@H](O[C@@H]2OC(CO)[C@H](O[C@H]3OC(CO)[C@H](O)[C@H](O[C@@H]4OC(CO)[C@H](O)[C@H](O[C@@H]5OC(CO)[C@H](O)[C@H](O[C@]6(OC=O)C[C@@H](O)[C@@H](C)C([C@H](O)[C@H](O)CO)O6)C5O)C4NC(C)=O)C3O)[C@H](O)C2O)[C@H](O)C1O. The third kappa shape index (κ3) is 14.4. The molecule has 0 bridgehead atoms. The summed E-state index contributed by atoms with van der Waals surface area (Å²) >= 11 is 0. The molecule has 34 nitrogen and oxygen atoms in total. The third-order valence-corrected chi connectivity index (χ3v) is 14.4. The largest absolute Gasteiger partial charge is 0.410 e. The summed E-state index contributed by atoms with van der Waals surface area (Å²) in [4.78, 5) is 24.7. The molecule has 6 heterocycles. The number of carbonyl (C=O) groups excluding carboxylic acids is 2. The monoisotopic (exact) mass is 1160 g/mol. The smallest absolute Gasteiger partial charge is 0.332 e. The molecule has 6 rings (SSSR count). The van der Waals surface area contributed by atoms with Crippen LogP contribution in [-0.4, -0.2) is 334 Å². The van der Waals surface area contributed by atoms with Crippen LogP contribution in [0, 0.1) is 5.92 Å². The molecule has 79 heavy (non-hydrogen) atoms. The Hall–Kier alpha value is -2.52. The molecular weight excluding hydrogens is 1080 g/mol. The molecule has 34 heteroatoms. The van der Waals surface area contributed by atoms with Gasteiger partial charge in [0.1, 0.15) is 134 Å². The van der Waals surface area contributed by atoms with Gasteiger partial charge in [-0.3, -0.25) is 9.59 Å². The number of hydrogen-bond acceptors (Lipinski definition) is 33. The Morgan fingerprint density at radius 3 is 1.52 bits per heavy atom. The second-order valence-electron chi connectivity index (χ2n) is 19.7. The fourth-order valence-corrected chi connectivity index (χ4v) is 10.0. The Labute approximate surface area is 449 Å². The van der Waals surface area contributed by atoms with Gasteiger partial charge >= 0.3 is 5.97 Å². The number of rotatable bonds is 24. The Balaban J connectivity index is 1.23. The first-order valence-corrected chi connectivity index (χ1v) is 25.2. The highest BCUT2D eigenvalue weighted by Gasteiger charge is 2.60. The van der Waals surface area contributed by atoms with E-state index in [0.717, 1.165) is 6.92 Å². The van der Waals surface area contributed by atoms with E-state index in [0.29, 0.717) is 0 Å². The summed E-state index contributed by atoms with van der Waals surface area (Å²) in [5.41, 5.74) is 0. The van der Waals surface area contributed by atoms with E-state index < -0.39 is 242 Å². The van der Waals surface area contributed by atoms with Crippen LogP contribution in [-0.2, 0) is 71.2 Å². The fourth-order valence-electron chi connectivity index (χ4n) is 10.0. The summed E-state index contributed by atoms with van der Waals surface area (Å²) in [6.45, 7) is -0.527. The van der Waals surface area contributed by atoms with Gasteiger partial charge in [-0.1, -0.05) is 13.0 Å². The number of hydrogen-bond donors (Lipinski definition) is 19. The highest BCUT2D eigenvalue weighted by Crippen LogP contribution is 2.41.